The van der Waals surface area contributed by atoms with Gasteiger partial charge in [0.1, 0.15) is 5.01 Å². The van der Waals surface area contributed by atoms with Gasteiger partial charge >= 0.3 is 0 Å². The lowest BCUT2D eigenvalue weighted by molar-refractivity contribution is 0.811. The SMILES string of the molecule is CCNC(=NCc1ccc(Cl)cc1)NCc1ncc(CC)s1. The number of hydrogen-bond donors (Lipinski definition) is 2. The van der Waals surface area contributed by atoms with Crippen LogP contribution >= 0.6 is 22.9 Å². The summed E-state index contributed by atoms with van der Waals surface area (Å²) >= 11 is 7.63. The van der Waals surface area contributed by atoms with E-state index in [1.807, 2.05) is 30.5 Å². The highest BCUT2D eigenvalue weighted by molar-refractivity contribution is 7.11. The Morgan fingerprint density at radius 3 is 2.64 bits per heavy atom. The maximum absolute atomic E-state index is 5.89. The average Bonchev–Trinajstić information content (AvgIpc) is 3.00. The van der Waals surface area contributed by atoms with Crippen molar-refractivity contribution in [2.75, 3.05) is 6.54 Å². The minimum absolute atomic E-state index is 0.616. The van der Waals surface area contributed by atoms with Crippen LogP contribution in [0.3, 0.4) is 0 Å². The van der Waals surface area contributed by atoms with Gasteiger partial charge in [-0.25, -0.2) is 9.98 Å². The van der Waals surface area contributed by atoms with Crippen LogP contribution < -0.4 is 10.6 Å². The van der Waals surface area contributed by atoms with Gasteiger partial charge in [-0.15, -0.1) is 11.3 Å². The fraction of sp³-hybridized carbons (Fsp3) is 0.375. The van der Waals surface area contributed by atoms with Crippen LogP contribution in [-0.4, -0.2) is 17.5 Å². The fourth-order valence-electron chi connectivity index (χ4n) is 1.85. The standard InChI is InChI=1S/C16H21ClN4S/c1-3-14-10-19-15(22-14)11-21-16(18-4-2)20-9-12-5-7-13(17)8-6-12/h5-8,10H,3-4,9,11H2,1-2H3,(H2,18,20,21). The topological polar surface area (TPSA) is 49.3 Å². The van der Waals surface area contributed by atoms with Gasteiger partial charge in [0.05, 0.1) is 13.1 Å². The van der Waals surface area contributed by atoms with E-state index in [2.05, 4.69) is 34.5 Å². The van der Waals surface area contributed by atoms with E-state index in [1.54, 1.807) is 11.3 Å². The van der Waals surface area contributed by atoms with Crippen molar-refractivity contribution in [1.29, 1.82) is 0 Å². The largest absolute Gasteiger partial charge is 0.357 e. The zero-order chi connectivity index (χ0) is 15.8. The number of aromatic nitrogens is 1. The monoisotopic (exact) mass is 336 g/mol. The number of halogens is 1. The Labute approximate surface area is 140 Å². The molecule has 1 heterocycles. The smallest absolute Gasteiger partial charge is 0.191 e. The number of guanidine groups is 1. The summed E-state index contributed by atoms with van der Waals surface area (Å²) < 4.78 is 0. The highest BCUT2D eigenvalue weighted by Gasteiger charge is 2.02. The van der Waals surface area contributed by atoms with Crippen molar-refractivity contribution in [3.8, 4) is 0 Å². The van der Waals surface area contributed by atoms with Crippen molar-refractivity contribution >= 4 is 28.9 Å². The van der Waals surface area contributed by atoms with Crippen LogP contribution in [0.25, 0.3) is 0 Å². The minimum Gasteiger partial charge on any atom is -0.357 e. The second-order valence-electron chi connectivity index (χ2n) is 4.75. The first-order valence-electron chi connectivity index (χ1n) is 7.41. The van der Waals surface area contributed by atoms with E-state index >= 15 is 0 Å². The second-order valence-corrected chi connectivity index (χ2v) is 6.39. The number of benzene rings is 1. The molecule has 2 rings (SSSR count). The van der Waals surface area contributed by atoms with Gasteiger partial charge in [-0.2, -0.15) is 0 Å². The highest BCUT2D eigenvalue weighted by Crippen LogP contribution is 2.13. The highest BCUT2D eigenvalue weighted by atomic mass is 35.5. The Hall–Kier alpha value is -1.59. The lowest BCUT2D eigenvalue weighted by atomic mass is 10.2. The van der Waals surface area contributed by atoms with Gasteiger partial charge in [-0.05, 0) is 31.0 Å². The van der Waals surface area contributed by atoms with Crippen molar-refractivity contribution < 1.29 is 0 Å². The number of aliphatic imine (C=N–C) groups is 1. The van der Waals surface area contributed by atoms with Crippen LogP contribution in [-0.2, 0) is 19.5 Å². The molecule has 0 spiro atoms. The van der Waals surface area contributed by atoms with E-state index in [4.69, 9.17) is 11.6 Å². The molecule has 0 saturated heterocycles. The molecule has 1 aromatic carbocycles. The quantitative estimate of drug-likeness (QED) is 0.625. The summed E-state index contributed by atoms with van der Waals surface area (Å²) in [5.41, 5.74) is 1.13. The molecular weight excluding hydrogens is 316 g/mol. The minimum atomic E-state index is 0.616. The summed E-state index contributed by atoms with van der Waals surface area (Å²) in [5, 5.41) is 8.38. The van der Waals surface area contributed by atoms with Crippen molar-refractivity contribution in [2.24, 2.45) is 4.99 Å². The molecule has 0 radical (unpaired) electrons. The maximum Gasteiger partial charge on any atom is 0.191 e. The van der Waals surface area contributed by atoms with Crippen LogP contribution in [0.15, 0.2) is 35.5 Å². The first-order valence-corrected chi connectivity index (χ1v) is 8.61. The van der Waals surface area contributed by atoms with Gasteiger partial charge in [0.25, 0.3) is 0 Å². The number of aryl methyl sites for hydroxylation is 1. The molecule has 0 aliphatic rings. The second kappa shape index (κ2) is 8.76. The molecule has 0 saturated carbocycles. The fourth-order valence-corrected chi connectivity index (χ4v) is 2.78. The molecule has 0 atom stereocenters. The Balaban J connectivity index is 1.93. The zero-order valence-corrected chi connectivity index (χ0v) is 14.5. The summed E-state index contributed by atoms with van der Waals surface area (Å²) in [7, 11) is 0. The summed E-state index contributed by atoms with van der Waals surface area (Å²) in [6, 6.07) is 7.75. The third-order valence-electron chi connectivity index (χ3n) is 3.03. The van der Waals surface area contributed by atoms with Crippen LogP contribution in [0, 0.1) is 0 Å². The Kier molecular flexibility index (Phi) is 6.68. The number of nitrogens with zero attached hydrogens (tertiary/aromatic N) is 2. The molecule has 0 aliphatic heterocycles. The van der Waals surface area contributed by atoms with Crippen molar-refractivity contribution in [2.45, 2.75) is 33.4 Å². The Morgan fingerprint density at radius 2 is 2.00 bits per heavy atom. The molecule has 2 aromatic rings. The number of rotatable bonds is 6. The molecule has 0 amide bonds. The molecule has 2 N–H and O–H groups in total. The van der Waals surface area contributed by atoms with Crippen molar-refractivity contribution in [1.82, 2.24) is 15.6 Å². The predicted octanol–water partition coefficient (Wildman–Crippen LogP) is 3.61. The predicted molar refractivity (Wildman–Crippen MR) is 94.6 cm³/mol. The lowest BCUT2D eigenvalue weighted by Gasteiger charge is -2.10. The first-order chi connectivity index (χ1) is 10.7. The van der Waals surface area contributed by atoms with Crippen molar-refractivity contribution in [3.05, 3.63) is 50.9 Å². The average molecular weight is 337 g/mol. The Bertz CT molecular complexity index is 607. The molecule has 0 unspecified atom stereocenters. The molecule has 4 nitrogen and oxygen atoms in total. The molecule has 1 aromatic heterocycles. The van der Waals surface area contributed by atoms with Gasteiger partial charge in [0.15, 0.2) is 5.96 Å². The maximum atomic E-state index is 5.89. The summed E-state index contributed by atoms with van der Waals surface area (Å²) in [6.07, 6.45) is 2.97. The third-order valence-corrected chi connectivity index (χ3v) is 4.43. The number of thiazole rings is 1. The van der Waals surface area contributed by atoms with Gasteiger partial charge in [-0.3, -0.25) is 0 Å². The van der Waals surface area contributed by atoms with E-state index in [0.717, 1.165) is 34.5 Å². The van der Waals surface area contributed by atoms with Crippen LogP contribution in [0.5, 0.6) is 0 Å². The molecule has 118 valence electrons. The molecular formula is C16H21ClN4S. The summed E-state index contributed by atoms with van der Waals surface area (Å²) in [6.45, 7) is 6.33. The molecule has 0 aliphatic carbocycles. The van der Waals surface area contributed by atoms with E-state index < -0.39 is 0 Å². The van der Waals surface area contributed by atoms with E-state index in [0.29, 0.717) is 13.1 Å². The van der Waals surface area contributed by atoms with E-state index in [9.17, 15) is 0 Å². The number of nitrogens with one attached hydrogen (secondary N) is 2. The summed E-state index contributed by atoms with van der Waals surface area (Å²) in [5.74, 6) is 0.797. The zero-order valence-electron chi connectivity index (χ0n) is 12.9. The third kappa shape index (κ3) is 5.31. The van der Waals surface area contributed by atoms with Gasteiger partial charge in [-0.1, -0.05) is 30.7 Å². The normalized spacial score (nSPS) is 11.5. The van der Waals surface area contributed by atoms with Gasteiger partial charge in [0, 0.05) is 22.6 Å². The number of hydrogen-bond acceptors (Lipinski definition) is 3. The molecule has 0 fully saturated rings. The molecule has 0 bridgehead atoms. The van der Waals surface area contributed by atoms with Crippen molar-refractivity contribution in [3.63, 3.8) is 0 Å². The van der Waals surface area contributed by atoms with Gasteiger partial charge < -0.3 is 10.6 Å². The van der Waals surface area contributed by atoms with Crippen LogP contribution in [0.2, 0.25) is 5.02 Å². The lowest BCUT2D eigenvalue weighted by Crippen LogP contribution is -2.36. The first kappa shape index (κ1) is 16.8. The van der Waals surface area contributed by atoms with E-state index in [-0.39, 0.29) is 0 Å². The molecule has 22 heavy (non-hydrogen) atoms. The van der Waals surface area contributed by atoms with Crippen LogP contribution in [0.1, 0.15) is 29.3 Å². The Morgan fingerprint density at radius 1 is 1.23 bits per heavy atom. The molecule has 6 heteroatoms. The van der Waals surface area contributed by atoms with E-state index in [1.165, 1.54) is 4.88 Å². The summed E-state index contributed by atoms with van der Waals surface area (Å²) in [4.78, 5) is 10.3. The van der Waals surface area contributed by atoms with Gasteiger partial charge in [0.2, 0.25) is 0 Å². The van der Waals surface area contributed by atoms with Crippen LogP contribution in [0.4, 0.5) is 0 Å².